The Bertz CT molecular complexity index is 704. The van der Waals surface area contributed by atoms with Gasteiger partial charge in [0.1, 0.15) is 5.54 Å². The summed E-state index contributed by atoms with van der Waals surface area (Å²) in [4.78, 5) is 45.2. The molecule has 2 fully saturated rings. The third-order valence-electron chi connectivity index (χ3n) is 5.15. The number of carbonyl (C=O) groups excluding carboxylic acids is 3. The summed E-state index contributed by atoms with van der Waals surface area (Å²) in [6, 6.07) is 5.29. The number of piperazine rings is 1. The molecule has 0 unspecified atom stereocenters. The first-order valence-electron chi connectivity index (χ1n) is 9.22. The zero-order valence-corrected chi connectivity index (χ0v) is 15.8. The van der Waals surface area contributed by atoms with Gasteiger partial charge in [0.15, 0.2) is 0 Å². The van der Waals surface area contributed by atoms with Gasteiger partial charge in [-0.05, 0) is 25.5 Å². The molecular weight excluding hydrogens is 348 g/mol. The van der Waals surface area contributed by atoms with Crippen LogP contribution in [0.1, 0.15) is 26.0 Å². The fraction of sp³-hybridized carbons (Fsp3) is 0.556. The number of imide groups is 1. The van der Waals surface area contributed by atoms with Gasteiger partial charge in [0.2, 0.25) is 0 Å². The number of rotatable bonds is 6. The van der Waals surface area contributed by atoms with Crippen LogP contribution in [0.3, 0.4) is 0 Å². The Hall–Kier alpha value is -2.52. The van der Waals surface area contributed by atoms with E-state index in [1.165, 1.54) is 0 Å². The van der Waals surface area contributed by atoms with Crippen LogP contribution in [0.25, 0.3) is 0 Å². The molecule has 27 heavy (non-hydrogen) atoms. The molecule has 2 saturated heterocycles. The van der Waals surface area contributed by atoms with Crippen molar-refractivity contribution in [2.75, 3.05) is 32.7 Å². The molecule has 0 aromatic carbocycles. The molecule has 0 radical (unpaired) electrons. The fourth-order valence-electron chi connectivity index (χ4n) is 3.21. The topological polar surface area (TPSA) is 97.9 Å². The lowest BCUT2D eigenvalue weighted by molar-refractivity contribution is -0.139. The third kappa shape index (κ3) is 4.42. The van der Waals surface area contributed by atoms with Crippen LogP contribution < -0.4 is 10.7 Å². The Kier molecular flexibility index (Phi) is 5.71. The molecule has 3 rings (SSSR count). The van der Waals surface area contributed by atoms with Crippen molar-refractivity contribution in [1.29, 1.82) is 0 Å². The Morgan fingerprint density at radius 1 is 1.22 bits per heavy atom. The summed E-state index contributed by atoms with van der Waals surface area (Å²) in [6.07, 6.45) is 2.25. The first-order chi connectivity index (χ1) is 12.9. The third-order valence-corrected chi connectivity index (χ3v) is 5.15. The summed E-state index contributed by atoms with van der Waals surface area (Å²) in [5, 5.41) is 3.41. The Morgan fingerprint density at radius 2 is 1.93 bits per heavy atom. The number of nitrogens with one attached hydrogen (secondary N) is 2. The summed E-state index contributed by atoms with van der Waals surface area (Å²) in [6.45, 7) is 7.56. The number of nitrogens with zero attached hydrogens (tertiary/aromatic N) is 4. The van der Waals surface area contributed by atoms with E-state index in [2.05, 4.69) is 20.6 Å². The molecule has 1 aromatic rings. The molecule has 1 aromatic heterocycles. The standard InChI is InChI=1S/C18H26N6O3/c1-3-18(2)16(26)24(17(27)20-18)21-15(25)13-23-10-8-22(9-11-23)12-14-6-4-5-7-19-14/h4-7H,3,8-13H2,1-2H3,(H,20,27)(H,21,25)/t18-/m0/s1. The van der Waals surface area contributed by atoms with Gasteiger partial charge in [-0.2, -0.15) is 5.01 Å². The number of hydrogen-bond donors (Lipinski definition) is 2. The Balaban J connectivity index is 1.45. The lowest BCUT2D eigenvalue weighted by atomic mass is 10.00. The van der Waals surface area contributed by atoms with E-state index in [-0.39, 0.29) is 12.5 Å². The Labute approximate surface area is 158 Å². The molecule has 146 valence electrons. The van der Waals surface area contributed by atoms with Crippen LogP contribution in [0.5, 0.6) is 0 Å². The van der Waals surface area contributed by atoms with Crippen molar-refractivity contribution in [3.8, 4) is 0 Å². The predicted molar refractivity (Wildman–Crippen MR) is 98.2 cm³/mol. The lowest BCUT2D eigenvalue weighted by Gasteiger charge is -2.34. The summed E-state index contributed by atoms with van der Waals surface area (Å²) < 4.78 is 0. The highest BCUT2D eigenvalue weighted by Crippen LogP contribution is 2.19. The minimum absolute atomic E-state index is 0.150. The second-order valence-corrected chi connectivity index (χ2v) is 7.16. The van der Waals surface area contributed by atoms with Crippen LogP contribution in [0.4, 0.5) is 4.79 Å². The van der Waals surface area contributed by atoms with Crippen molar-refractivity contribution in [1.82, 2.24) is 30.5 Å². The number of pyridine rings is 1. The van der Waals surface area contributed by atoms with Crippen LogP contribution in [-0.2, 0) is 16.1 Å². The smallest absolute Gasteiger partial charge is 0.322 e. The monoisotopic (exact) mass is 374 g/mol. The van der Waals surface area contributed by atoms with E-state index in [0.717, 1.165) is 43.4 Å². The number of amides is 4. The number of carbonyl (C=O) groups is 3. The van der Waals surface area contributed by atoms with Gasteiger partial charge >= 0.3 is 6.03 Å². The van der Waals surface area contributed by atoms with Gasteiger partial charge < -0.3 is 5.32 Å². The molecule has 2 aliphatic heterocycles. The molecule has 9 heteroatoms. The molecular formula is C18H26N6O3. The van der Waals surface area contributed by atoms with E-state index >= 15 is 0 Å². The molecule has 2 N–H and O–H groups in total. The van der Waals surface area contributed by atoms with Crippen LogP contribution in [0, 0.1) is 0 Å². The van der Waals surface area contributed by atoms with Crippen LogP contribution in [0.15, 0.2) is 24.4 Å². The number of aromatic nitrogens is 1. The van der Waals surface area contributed by atoms with Crippen LogP contribution in [-0.4, -0.2) is 75.9 Å². The van der Waals surface area contributed by atoms with Crippen molar-refractivity contribution in [2.45, 2.75) is 32.4 Å². The molecule has 0 bridgehead atoms. The molecule has 0 aliphatic carbocycles. The highest BCUT2D eigenvalue weighted by Gasteiger charge is 2.47. The van der Waals surface area contributed by atoms with Gasteiger partial charge in [0, 0.05) is 38.9 Å². The second kappa shape index (κ2) is 8.01. The minimum atomic E-state index is -0.957. The molecule has 0 saturated carbocycles. The van der Waals surface area contributed by atoms with Crippen LogP contribution in [0.2, 0.25) is 0 Å². The molecule has 2 aliphatic rings. The maximum absolute atomic E-state index is 12.3. The van der Waals surface area contributed by atoms with E-state index in [4.69, 9.17) is 0 Å². The maximum Gasteiger partial charge on any atom is 0.344 e. The van der Waals surface area contributed by atoms with E-state index in [1.54, 1.807) is 13.1 Å². The first kappa shape index (κ1) is 19.2. The summed E-state index contributed by atoms with van der Waals surface area (Å²) >= 11 is 0. The van der Waals surface area contributed by atoms with Gasteiger partial charge in [0.05, 0.1) is 12.2 Å². The van der Waals surface area contributed by atoms with Crippen molar-refractivity contribution in [3.05, 3.63) is 30.1 Å². The average Bonchev–Trinajstić information content (AvgIpc) is 2.88. The summed E-state index contributed by atoms with van der Waals surface area (Å²) in [5.74, 6) is -0.791. The van der Waals surface area contributed by atoms with Gasteiger partial charge in [-0.3, -0.25) is 29.8 Å². The zero-order valence-electron chi connectivity index (χ0n) is 15.8. The van der Waals surface area contributed by atoms with E-state index in [0.29, 0.717) is 6.42 Å². The summed E-state index contributed by atoms with van der Waals surface area (Å²) in [7, 11) is 0. The minimum Gasteiger partial charge on any atom is -0.322 e. The highest BCUT2D eigenvalue weighted by atomic mass is 16.2. The molecule has 0 spiro atoms. The SMILES string of the molecule is CC[C@]1(C)NC(=O)N(NC(=O)CN2CCN(Cc3ccccn3)CC2)C1=O. The number of hydrogen-bond acceptors (Lipinski definition) is 6. The van der Waals surface area contributed by atoms with Gasteiger partial charge in [-0.1, -0.05) is 13.0 Å². The normalized spacial score (nSPS) is 24.1. The van der Waals surface area contributed by atoms with Gasteiger partial charge in [-0.25, -0.2) is 4.79 Å². The van der Waals surface area contributed by atoms with Crippen molar-refractivity contribution < 1.29 is 14.4 Å². The van der Waals surface area contributed by atoms with Crippen molar-refractivity contribution in [3.63, 3.8) is 0 Å². The lowest BCUT2D eigenvalue weighted by Crippen LogP contribution is -2.53. The van der Waals surface area contributed by atoms with E-state index in [1.807, 2.05) is 30.0 Å². The Morgan fingerprint density at radius 3 is 2.52 bits per heavy atom. The van der Waals surface area contributed by atoms with E-state index < -0.39 is 17.5 Å². The zero-order chi connectivity index (χ0) is 19.4. The summed E-state index contributed by atoms with van der Waals surface area (Å²) in [5.41, 5.74) is 2.51. The number of hydrazine groups is 1. The van der Waals surface area contributed by atoms with Crippen molar-refractivity contribution in [2.24, 2.45) is 0 Å². The fourth-order valence-corrected chi connectivity index (χ4v) is 3.21. The largest absolute Gasteiger partial charge is 0.344 e. The highest BCUT2D eigenvalue weighted by molar-refractivity contribution is 6.07. The molecule has 1 atom stereocenters. The predicted octanol–water partition coefficient (Wildman–Crippen LogP) is -0.0491. The quantitative estimate of drug-likeness (QED) is 0.678. The van der Waals surface area contributed by atoms with Crippen LogP contribution >= 0.6 is 0 Å². The van der Waals surface area contributed by atoms with E-state index in [9.17, 15) is 14.4 Å². The molecule has 9 nitrogen and oxygen atoms in total. The maximum atomic E-state index is 12.3. The second-order valence-electron chi connectivity index (χ2n) is 7.16. The first-order valence-corrected chi connectivity index (χ1v) is 9.22. The average molecular weight is 374 g/mol. The molecule has 4 amide bonds. The van der Waals surface area contributed by atoms with Crippen molar-refractivity contribution >= 4 is 17.8 Å². The van der Waals surface area contributed by atoms with Gasteiger partial charge in [-0.15, -0.1) is 0 Å². The molecule has 3 heterocycles. The number of urea groups is 1. The van der Waals surface area contributed by atoms with Gasteiger partial charge in [0.25, 0.3) is 11.8 Å².